The summed E-state index contributed by atoms with van der Waals surface area (Å²) >= 11 is 0. The Hall–Kier alpha value is -6.96. The molecule has 304 valence electrons. The highest BCUT2D eigenvalue weighted by Crippen LogP contribution is 2.57. The van der Waals surface area contributed by atoms with Gasteiger partial charge in [-0.2, -0.15) is 0 Å². The van der Waals surface area contributed by atoms with Crippen LogP contribution < -0.4 is 4.90 Å². The average Bonchev–Trinajstić information content (AvgIpc) is 3.83. The largest absolute Gasteiger partial charge is 0.310 e. The third-order valence-corrected chi connectivity index (χ3v) is 15.2. The number of nitrogens with zero attached hydrogens (tertiary/aromatic N) is 1. The van der Waals surface area contributed by atoms with Crippen LogP contribution in [0.4, 0.5) is 17.1 Å². The van der Waals surface area contributed by atoms with Crippen LogP contribution >= 0.6 is 0 Å². The zero-order valence-corrected chi connectivity index (χ0v) is 36.8. The first-order valence-electron chi connectivity index (χ1n) is 22.7. The summed E-state index contributed by atoms with van der Waals surface area (Å²) in [7, 11) is 0. The fourth-order valence-corrected chi connectivity index (χ4v) is 12.2. The second-order valence-corrected chi connectivity index (χ2v) is 19.3. The van der Waals surface area contributed by atoms with Crippen LogP contribution in [0, 0.1) is 0 Å². The van der Waals surface area contributed by atoms with Crippen molar-refractivity contribution in [3.63, 3.8) is 0 Å². The molecular formula is C62H51N. The molecule has 12 rings (SSSR count). The van der Waals surface area contributed by atoms with Crippen LogP contribution in [0.3, 0.4) is 0 Å². The smallest absolute Gasteiger partial charge is 0.0540 e. The number of hydrogen-bond acceptors (Lipinski definition) is 1. The molecule has 8 aromatic rings. The molecule has 0 aliphatic heterocycles. The first-order chi connectivity index (χ1) is 30.7. The monoisotopic (exact) mass is 809 g/mol. The molecule has 0 fully saturated rings. The van der Waals surface area contributed by atoms with E-state index in [2.05, 4.69) is 234 Å². The van der Waals surface area contributed by atoms with Crippen molar-refractivity contribution in [3.8, 4) is 44.5 Å². The van der Waals surface area contributed by atoms with Gasteiger partial charge >= 0.3 is 0 Å². The highest BCUT2D eigenvalue weighted by atomic mass is 15.1. The molecule has 1 nitrogen and oxygen atoms in total. The van der Waals surface area contributed by atoms with Gasteiger partial charge in [0.05, 0.1) is 5.69 Å². The van der Waals surface area contributed by atoms with Crippen LogP contribution in [-0.2, 0) is 16.2 Å². The molecule has 0 amide bonds. The lowest BCUT2D eigenvalue weighted by Gasteiger charge is -2.32. The van der Waals surface area contributed by atoms with E-state index in [1.54, 1.807) is 0 Å². The summed E-state index contributed by atoms with van der Waals surface area (Å²) in [6.45, 7) is 12.0. The predicted molar refractivity (Wildman–Crippen MR) is 265 cm³/mol. The lowest BCUT2D eigenvalue weighted by molar-refractivity contribution is 0.651. The van der Waals surface area contributed by atoms with Crippen molar-refractivity contribution in [2.75, 3.05) is 4.90 Å². The zero-order chi connectivity index (χ0) is 42.7. The molecule has 0 spiro atoms. The number of allylic oxidation sites excluding steroid dienone is 4. The first-order valence-corrected chi connectivity index (χ1v) is 22.7. The van der Waals surface area contributed by atoms with Crippen LogP contribution in [0.15, 0.2) is 200 Å². The number of benzene rings is 8. The Balaban J connectivity index is 1.10. The molecule has 0 radical (unpaired) electrons. The van der Waals surface area contributed by atoms with Crippen molar-refractivity contribution < 1.29 is 0 Å². The summed E-state index contributed by atoms with van der Waals surface area (Å²) in [5, 5.41) is 0. The summed E-state index contributed by atoms with van der Waals surface area (Å²) in [6, 6.07) is 68.7. The summed E-state index contributed by atoms with van der Waals surface area (Å²) in [5.74, 6) is 0. The summed E-state index contributed by atoms with van der Waals surface area (Å²) < 4.78 is 0. The van der Waals surface area contributed by atoms with Crippen molar-refractivity contribution in [2.24, 2.45) is 0 Å². The second-order valence-electron chi connectivity index (χ2n) is 19.3. The molecule has 4 aliphatic rings. The molecule has 0 bridgehead atoms. The molecule has 1 unspecified atom stereocenters. The van der Waals surface area contributed by atoms with Gasteiger partial charge in [-0.15, -0.1) is 0 Å². The maximum Gasteiger partial charge on any atom is 0.0540 e. The Morgan fingerprint density at radius 2 is 1.03 bits per heavy atom. The summed E-state index contributed by atoms with van der Waals surface area (Å²) in [6.07, 6.45) is 6.91. The number of anilines is 3. The van der Waals surface area contributed by atoms with Crippen molar-refractivity contribution in [2.45, 2.75) is 63.7 Å². The molecule has 4 aliphatic carbocycles. The standard InChI is InChI=1S/C62H51N/c1-60(2)53-32-14-11-27-51(53)58-49(29-19-34-55(58)60)48-26-12-16-35-57(48)63(43-36-37-47-45-24-10-15-33-54(45)62(5,56(47)39-43)41-21-7-6-8-22-41)42-23-17-20-40(38-42)44-28-18-30-50-46-25-9-13-31-52(46)61(3,4)59(44)50/h6-10,12-26,28-39H,11,27H2,1-5H3. The van der Waals surface area contributed by atoms with Gasteiger partial charge in [0.2, 0.25) is 0 Å². The highest BCUT2D eigenvalue weighted by molar-refractivity contribution is 5.98. The van der Waals surface area contributed by atoms with E-state index in [0.717, 1.165) is 24.2 Å². The van der Waals surface area contributed by atoms with Gasteiger partial charge in [-0.1, -0.05) is 192 Å². The van der Waals surface area contributed by atoms with E-state index < -0.39 is 0 Å². The average molecular weight is 810 g/mol. The molecule has 1 atom stereocenters. The van der Waals surface area contributed by atoms with Crippen LogP contribution in [-0.4, -0.2) is 0 Å². The molecule has 0 saturated carbocycles. The molecule has 8 aromatic carbocycles. The Morgan fingerprint density at radius 1 is 0.429 bits per heavy atom. The van der Waals surface area contributed by atoms with Gasteiger partial charge < -0.3 is 4.90 Å². The van der Waals surface area contributed by atoms with Gasteiger partial charge in [-0.3, -0.25) is 0 Å². The topological polar surface area (TPSA) is 3.24 Å². The van der Waals surface area contributed by atoms with Crippen LogP contribution in [0.5, 0.6) is 0 Å². The van der Waals surface area contributed by atoms with Crippen molar-refractivity contribution in [1.29, 1.82) is 0 Å². The first kappa shape index (κ1) is 37.8. The SMILES string of the molecule is CC1(C)C2=C(CCC=C2)c2c(-c3ccccc3N(c3cccc(-c4cccc5c4C(C)(C)c4ccccc4-5)c3)c3ccc4c(c3)C(C)(c3ccccc3)c3ccccc3-4)cccc21. The maximum absolute atomic E-state index is 2.55. The molecule has 63 heavy (non-hydrogen) atoms. The minimum Gasteiger partial charge on any atom is -0.310 e. The van der Waals surface area contributed by atoms with E-state index in [4.69, 9.17) is 0 Å². The third kappa shape index (κ3) is 5.36. The second kappa shape index (κ2) is 13.8. The van der Waals surface area contributed by atoms with Crippen LogP contribution in [0.1, 0.15) is 86.4 Å². The van der Waals surface area contributed by atoms with Gasteiger partial charge in [0, 0.05) is 33.2 Å². The molecule has 0 saturated heterocycles. The summed E-state index contributed by atoms with van der Waals surface area (Å²) in [4.78, 5) is 2.55. The van der Waals surface area contributed by atoms with E-state index in [0.29, 0.717) is 0 Å². The van der Waals surface area contributed by atoms with Gasteiger partial charge in [0.25, 0.3) is 0 Å². The van der Waals surface area contributed by atoms with Gasteiger partial charge in [-0.25, -0.2) is 0 Å². The van der Waals surface area contributed by atoms with Gasteiger partial charge in [0.15, 0.2) is 0 Å². The number of hydrogen-bond donors (Lipinski definition) is 0. The Bertz CT molecular complexity index is 3250. The van der Waals surface area contributed by atoms with E-state index >= 15 is 0 Å². The normalized spacial score (nSPS) is 18.0. The fourth-order valence-electron chi connectivity index (χ4n) is 12.2. The number of rotatable bonds is 6. The van der Waals surface area contributed by atoms with Crippen LogP contribution in [0.25, 0.3) is 50.1 Å². The number of para-hydroxylation sites is 1. The lowest BCUT2D eigenvalue weighted by Crippen LogP contribution is -2.23. The van der Waals surface area contributed by atoms with Crippen molar-refractivity contribution in [1.82, 2.24) is 0 Å². The quantitative estimate of drug-likeness (QED) is 0.162. The lowest BCUT2D eigenvalue weighted by atomic mass is 9.74. The summed E-state index contributed by atoms with van der Waals surface area (Å²) in [5.41, 5.74) is 25.9. The molecule has 0 heterocycles. The van der Waals surface area contributed by atoms with Crippen molar-refractivity contribution >= 4 is 22.6 Å². The Morgan fingerprint density at radius 3 is 1.86 bits per heavy atom. The Kier molecular flexibility index (Phi) is 8.26. The third-order valence-electron chi connectivity index (χ3n) is 15.2. The highest BCUT2D eigenvalue weighted by Gasteiger charge is 2.42. The molecular weight excluding hydrogens is 759 g/mol. The Labute approximate surface area is 372 Å². The zero-order valence-electron chi connectivity index (χ0n) is 36.8. The van der Waals surface area contributed by atoms with E-state index in [1.807, 2.05) is 0 Å². The van der Waals surface area contributed by atoms with Crippen LogP contribution in [0.2, 0.25) is 0 Å². The van der Waals surface area contributed by atoms with Gasteiger partial charge in [0.1, 0.15) is 0 Å². The van der Waals surface area contributed by atoms with E-state index in [1.165, 1.54) is 100 Å². The minimum absolute atomic E-state index is 0.0547. The van der Waals surface area contributed by atoms with E-state index in [-0.39, 0.29) is 16.2 Å². The molecule has 0 N–H and O–H groups in total. The number of fused-ring (bicyclic) bond motifs is 8. The predicted octanol–water partition coefficient (Wildman–Crippen LogP) is 16.5. The maximum atomic E-state index is 2.55. The minimum atomic E-state index is -0.329. The van der Waals surface area contributed by atoms with E-state index in [9.17, 15) is 0 Å². The van der Waals surface area contributed by atoms with Crippen molar-refractivity contribution in [3.05, 3.63) is 239 Å². The fraction of sp³-hybridized carbons (Fsp3) is 0.161. The van der Waals surface area contributed by atoms with Gasteiger partial charge in [-0.05, 0) is 139 Å². The molecule has 0 aromatic heterocycles. The molecule has 1 heteroatoms.